The zero-order valence-corrected chi connectivity index (χ0v) is 53.6. The number of benzene rings is 8. The predicted octanol–water partition coefficient (Wildman–Crippen LogP) is 17.9. The average Bonchev–Trinajstić information content (AvgIpc) is 2.90. The summed E-state index contributed by atoms with van der Waals surface area (Å²) in [5, 5.41) is 8.60. The van der Waals surface area contributed by atoms with Crippen molar-refractivity contribution in [2.75, 3.05) is 0 Å². The molecule has 1 fully saturated rings. The molecule has 430 valence electrons. The molecule has 0 radical (unpaired) electrons. The molecule has 0 spiro atoms. The number of ketones is 4. The van der Waals surface area contributed by atoms with Crippen molar-refractivity contribution in [3.63, 3.8) is 0 Å². The van der Waals surface area contributed by atoms with Crippen LogP contribution in [-0.4, -0.2) is 57.6 Å². The van der Waals surface area contributed by atoms with Crippen LogP contribution in [0.3, 0.4) is 0 Å². The molecular formula is C73H84BClO6Si2. The fourth-order valence-corrected chi connectivity index (χ4v) is 28.4. The van der Waals surface area contributed by atoms with Crippen LogP contribution < -0.4 is 15.8 Å². The summed E-state index contributed by atoms with van der Waals surface area (Å²) in [5.41, 5.74) is 10.2. The summed E-state index contributed by atoms with van der Waals surface area (Å²) in [5.74, 6) is -0.413. The molecule has 6 nitrogen and oxygen atoms in total. The molecule has 8 aromatic rings. The number of rotatable bonds is 10. The van der Waals surface area contributed by atoms with Crippen LogP contribution >= 0.6 is 11.6 Å². The first kappa shape index (κ1) is 62.7. The van der Waals surface area contributed by atoms with Crippen LogP contribution in [0.4, 0.5) is 0 Å². The van der Waals surface area contributed by atoms with E-state index in [2.05, 4.69) is 184 Å². The van der Waals surface area contributed by atoms with Crippen molar-refractivity contribution in [1.29, 1.82) is 0 Å². The van der Waals surface area contributed by atoms with Crippen LogP contribution in [0.2, 0.25) is 38.3 Å². The Morgan fingerprint density at radius 1 is 0.361 bits per heavy atom. The van der Waals surface area contributed by atoms with Crippen LogP contribution in [0.1, 0.15) is 182 Å². The smallest absolute Gasteiger partial charge is 0.399 e. The molecule has 1 saturated heterocycles. The molecule has 0 saturated carbocycles. The lowest BCUT2D eigenvalue weighted by Gasteiger charge is -2.43. The first-order valence-electron chi connectivity index (χ1n) is 29.4. The van der Waals surface area contributed by atoms with Crippen LogP contribution in [0, 0.1) is 0 Å². The van der Waals surface area contributed by atoms with E-state index in [1.807, 2.05) is 30.3 Å². The van der Waals surface area contributed by atoms with Crippen molar-refractivity contribution in [2.24, 2.45) is 0 Å². The third-order valence-corrected chi connectivity index (χ3v) is 33.4. The fraction of sp³-hybridized carbons (Fsp3) is 0.342. The zero-order chi connectivity index (χ0) is 59.5. The van der Waals surface area contributed by atoms with E-state index in [-0.39, 0.29) is 48.9 Å². The highest BCUT2D eigenvalue weighted by Crippen LogP contribution is 2.44. The quantitative estimate of drug-likeness (QED) is 0.127. The lowest BCUT2D eigenvalue weighted by molar-refractivity contribution is 0.00578. The van der Waals surface area contributed by atoms with E-state index in [4.69, 9.17) is 20.9 Å². The molecule has 1 aliphatic heterocycles. The van der Waals surface area contributed by atoms with E-state index in [1.165, 1.54) is 26.7 Å². The molecule has 8 aromatic carbocycles. The van der Waals surface area contributed by atoms with E-state index in [0.717, 1.165) is 16.6 Å². The SMILES string of the molecule is C.CC(C)[Si](c1ccc2ccc(-c3ccc4c(c3)C(=O)c3ccccc3C4=O)cc2c1)(C(C)C)C(C)C.CC(C)[Si](c1ccc2ccc(B3OC(C)(C)C(C)(C)O3)cc2c1)(C(C)C)C(C)C.O=C1c2ccccc2C(=O)c2cc(Cl)ccc21. The molecule has 2 aliphatic carbocycles. The zero-order valence-electron chi connectivity index (χ0n) is 50.9. The molecule has 10 heteroatoms. The molecule has 0 N–H and O–H groups in total. The molecular weight excluding hydrogens is 1080 g/mol. The molecule has 1 heterocycles. The largest absolute Gasteiger partial charge is 0.494 e. The van der Waals surface area contributed by atoms with Gasteiger partial charge in [0.15, 0.2) is 23.1 Å². The number of carbonyl (C=O) groups excluding carboxylic acids is 4. The minimum absolute atomic E-state index is 0. The van der Waals surface area contributed by atoms with Gasteiger partial charge in [0, 0.05) is 49.5 Å². The molecule has 0 unspecified atom stereocenters. The molecule has 0 amide bonds. The van der Waals surface area contributed by atoms with Gasteiger partial charge >= 0.3 is 7.12 Å². The summed E-state index contributed by atoms with van der Waals surface area (Å²) in [4.78, 5) is 50.6. The maximum Gasteiger partial charge on any atom is 0.494 e. The second-order valence-electron chi connectivity index (χ2n) is 25.8. The molecule has 0 aromatic heterocycles. The van der Waals surface area contributed by atoms with Crippen molar-refractivity contribution in [2.45, 2.75) is 163 Å². The Kier molecular flexibility index (Phi) is 18.1. The fourth-order valence-electron chi connectivity index (χ4n) is 14.7. The first-order chi connectivity index (χ1) is 38.7. The maximum absolute atomic E-state index is 13.2. The van der Waals surface area contributed by atoms with Gasteiger partial charge in [-0.25, -0.2) is 0 Å². The van der Waals surface area contributed by atoms with E-state index >= 15 is 0 Å². The van der Waals surface area contributed by atoms with E-state index < -0.39 is 16.1 Å². The van der Waals surface area contributed by atoms with Gasteiger partial charge < -0.3 is 9.31 Å². The van der Waals surface area contributed by atoms with Gasteiger partial charge in [-0.3, -0.25) is 19.2 Å². The van der Waals surface area contributed by atoms with Crippen molar-refractivity contribution in [1.82, 2.24) is 0 Å². The van der Waals surface area contributed by atoms with Crippen molar-refractivity contribution in [3.05, 3.63) is 207 Å². The maximum atomic E-state index is 13.2. The summed E-state index contributed by atoms with van der Waals surface area (Å²) in [6.07, 6.45) is 0. The summed E-state index contributed by atoms with van der Waals surface area (Å²) in [6, 6.07) is 51.8. The number of hydrogen-bond donors (Lipinski definition) is 0. The Balaban J connectivity index is 0.000000171. The summed E-state index contributed by atoms with van der Waals surface area (Å²) >= 11 is 5.85. The first-order valence-corrected chi connectivity index (χ1v) is 34.3. The third kappa shape index (κ3) is 11.1. The second-order valence-corrected chi connectivity index (χ2v) is 38.1. The van der Waals surface area contributed by atoms with Gasteiger partial charge in [-0.05, 0) is 135 Å². The summed E-state index contributed by atoms with van der Waals surface area (Å²) in [6.45, 7) is 37.4. The van der Waals surface area contributed by atoms with Crippen molar-refractivity contribution < 1.29 is 28.5 Å². The highest BCUT2D eigenvalue weighted by atomic mass is 35.5. The Morgan fingerprint density at radius 3 is 1.11 bits per heavy atom. The average molecular weight is 1160 g/mol. The van der Waals surface area contributed by atoms with E-state index in [1.54, 1.807) is 59.8 Å². The second kappa shape index (κ2) is 24.0. The minimum atomic E-state index is -1.77. The topological polar surface area (TPSA) is 86.7 Å². The highest BCUT2D eigenvalue weighted by molar-refractivity contribution is 6.95. The Labute approximate surface area is 501 Å². The van der Waals surface area contributed by atoms with Gasteiger partial charge in [-0.2, -0.15) is 0 Å². The number of carbonyl (C=O) groups is 4. The van der Waals surface area contributed by atoms with Crippen LogP contribution in [0.25, 0.3) is 32.7 Å². The Bertz CT molecular complexity index is 3750. The molecule has 11 rings (SSSR count). The molecule has 0 bridgehead atoms. The summed E-state index contributed by atoms with van der Waals surface area (Å²) < 4.78 is 12.6. The van der Waals surface area contributed by atoms with Crippen LogP contribution in [0.5, 0.6) is 0 Å². The van der Waals surface area contributed by atoms with E-state index in [0.29, 0.717) is 82.8 Å². The number of halogens is 1. The minimum Gasteiger partial charge on any atom is -0.399 e. The van der Waals surface area contributed by atoms with E-state index in [9.17, 15) is 19.2 Å². The Hall–Kier alpha value is -6.33. The van der Waals surface area contributed by atoms with Crippen LogP contribution in [-0.2, 0) is 9.31 Å². The van der Waals surface area contributed by atoms with Crippen molar-refractivity contribution in [3.8, 4) is 11.1 Å². The van der Waals surface area contributed by atoms with Gasteiger partial charge in [0.2, 0.25) is 0 Å². The number of fused-ring (bicyclic) bond motifs is 6. The van der Waals surface area contributed by atoms with Crippen LogP contribution in [0.15, 0.2) is 158 Å². The molecule has 3 aliphatic rings. The third-order valence-electron chi connectivity index (χ3n) is 19.1. The van der Waals surface area contributed by atoms with Crippen molar-refractivity contribution >= 4 is 95.4 Å². The van der Waals surface area contributed by atoms with Gasteiger partial charge in [-0.1, -0.05) is 234 Å². The highest BCUT2D eigenvalue weighted by Gasteiger charge is 2.52. The molecule has 83 heavy (non-hydrogen) atoms. The monoisotopic (exact) mass is 1160 g/mol. The standard InChI is InChI=1S/C33H34O2Si.C25H39BO2Si.C14H7ClO2.CH4/c1-20(2)36(21(3)4,22(5)6)27-15-13-23-11-12-24(17-26(23)18-27)25-14-16-30-31(19-25)33(35)29-10-8-7-9-28(29)32(30)34;1-17(2)29(18(3)4,19(5)6)23-14-12-20-11-13-22(15-21(20)16-23)26-27-24(7,8)25(9,10)28-26;15-8-5-6-11-12(7-8)14(17)10-4-2-1-3-9(10)13(11)16;/h7-22H,1-6H3;11-19H,1-10H3;1-7H;1H4. The number of hydrogen-bond acceptors (Lipinski definition) is 6. The molecule has 0 atom stereocenters. The Morgan fingerprint density at radius 2 is 0.687 bits per heavy atom. The van der Waals surface area contributed by atoms with Gasteiger partial charge in [0.1, 0.15) is 0 Å². The lowest BCUT2D eigenvalue weighted by Crippen LogP contribution is -2.55. The normalized spacial score (nSPS) is 15.3. The predicted molar refractivity (Wildman–Crippen MR) is 355 cm³/mol. The lowest BCUT2D eigenvalue weighted by atomic mass is 9.78. The summed E-state index contributed by atoms with van der Waals surface area (Å²) in [7, 11) is -3.76. The van der Waals surface area contributed by atoms with Gasteiger partial charge in [0.05, 0.1) is 27.3 Å². The van der Waals surface area contributed by atoms with Gasteiger partial charge in [-0.15, -0.1) is 0 Å². The van der Waals surface area contributed by atoms with Gasteiger partial charge in [0.25, 0.3) is 0 Å².